The van der Waals surface area contributed by atoms with E-state index in [0.29, 0.717) is 28.1 Å². The molecule has 0 saturated carbocycles. The van der Waals surface area contributed by atoms with Gasteiger partial charge in [0.05, 0.1) is 28.6 Å². The molecular weight excluding hydrogens is 394 g/mol. The lowest BCUT2D eigenvalue weighted by molar-refractivity contribution is 0.426. The number of para-hydroxylation sites is 1. The van der Waals surface area contributed by atoms with E-state index in [1.54, 1.807) is 4.68 Å². The van der Waals surface area contributed by atoms with E-state index >= 15 is 0 Å². The lowest BCUT2D eigenvalue weighted by Gasteiger charge is -2.03. The Hall–Kier alpha value is -2.70. The summed E-state index contributed by atoms with van der Waals surface area (Å²) in [6, 6.07) is 21.2. The second-order valence-corrected chi connectivity index (χ2v) is 8.19. The van der Waals surface area contributed by atoms with Crippen LogP contribution in [0.1, 0.15) is 17.0 Å². The molecule has 5 nitrogen and oxygen atoms in total. The molecule has 0 fully saturated rings. The molecule has 0 amide bonds. The molecule has 7 heteroatoms. The van der Waals surface area contributed by atoms with Crippen molar-refractivity contribution in [3.63, 3.8) is 0 Å². The minimum atomic E-state index is -1.19. The summed E-state index contributed by atoms with van der Waals surface area (Å²) in [6.07, 6.45) is 0. The lowest BCUT2D eigenvalue weighted by Crippen LogP contribution is -2.01. The normalized spacial score (nSPS) is 12.2. The molecule has 0 aliphatic heterocycles. The summed E-state index contributed by atoms with van der Waals surface area (Å²) in [5.41, 5.74) is 4.02. The van der Waals surface area contributed by atoms with Crippen LogP contribution in [-0.2, 0) is 22.3 Å². The van der Waals surface area contributed by atoms with Gasteiger partial charge in [-0.25, -0.2) is 4.68 Å². The highest BCUT2D eigenvalue weighted by Crippen LogP contribution is 2.26. The topological polar surface area (TPSA) is 60.9 Å². The first-order valence-corrected chi connectivity index (χ1v) is 10.6. The monoisotopic (exact) mass is 411 g/mol. The van der Waals surface area contributed by atoms with Crippen molar-refractivity contribution in [1.29, 1.82) is 0 Å². The Morgan fingerprint density at radius 3 is 2.43 bits per heavy atom. The van der Waals surface area contributed by atoms with Crippen LogP contribution in [0.3, 0.4) is 0 Å². The number of nitrogens with zero attached hydrogens (tertiary/aromatic N) is 3. The highest BCUT2D eigenvalue weighted by atomic mass is 35.5. The summed E-state index contributed by atoms with van der Waals surface area (Å²) in [5.74, 6) is 1.27. The lowest BCUT2D eigenvalue weighted by atomic mass is 10.2. The Labute approximate surface area is 170 Å². The second-order valence-electron chi connectivity index (χ2n) is 6.38. The highest BCUT2D eigenvalue weighted by molar-refractivity contribution is 7.83. The smallest absolute Gasteiger partial charge is 0.167 e. The van der Waals surface area contributed by atoms with Gasteiger partial charge in [-0.1, -0.05) is 65.3 Å². The standard InChI is InChI=1S/C21H18ClN3O2S/c1-15-19(21(22)25(23-15)18-10-6-3-7-11-18)14-28(26)13-17-12-20(27-24-17)16-8-4-2-5-9-16/h2-12H,13-14H2,1H3/t28-/m1/s1. The van der Waals surface area contributed by atoms with Crippen molar-refractivity contribution in [2.45, 2.75) is 18.4 Å². The van der Waals surface area contributed by atoms with Crippen LogP contribution < -0.4 is 0 Å². The Morgan fingerprint density at radius 2 is 1.71 bits per heavy atom. The van der Waals surface area contributed by atoms with Crippen LogP contribution in [0.4, 0.5) is 0 Å². The number of aryl methyl sites for hydroxylation is 1. The predicted octanol–water partition coefficient (Wildman–Crippen LogP) is 4.94. The minimum absolute atomic E-state index is 0.294. The van der Waals surface area contributed by atoms with E-state index in [1.165, 1.54) is 0 Å². The fraction of sp³-hybridized carbons (Fsp3) is 0.143. The maximum Gasteiger partial charge on any atom is 0.167 e. The second kappa shape index (κ2) is 8.12. The molecule has 0 saturated heterocycles. The predicted molar refractivity (Wildman–Crippen MR) is 111 cm³/mol. The third-order valence-corrected chi connectivity index (χ3v) is 5.97. The van der Waals surface area contributed by atoms with Gasteiger partial charge in [-0.3, -0.25) is 4.21 Å². The average Bonchev–Trinajstić information content (AvgIpc) is 3.29. The van der Waals surface area contributed by atoms with Crippen LogP contribution in [0.15, 0.2) is 71.3 Å². The molecule has 0 bridgehead atoms. The molecule has 4 rings (SSSR count). The zero-order valence-corrected chi connectivity index (χ0v) is 16.8. The van der Waals surface area contributed by atoms with Crippen LogP contribution in [0, 0.1) is 6.92 Å². The molecule has 0 spiro atoms. The summed E-state index contributed by atoms with van der Waals surface area (Å²) in [6.45, 7) is 1.88. The van der Waals surface area contributed by atoms with E-state index in [1.807, 2.05) is 73.7 Å². The number of halogens is 1. The van der Waals surface area contributed by atoms with Crippen LogP contribution in [0.2, 0.25) is 5.15 Å². The van der Waals surface area contributed by atoms with Gasteiger partial charge in [0.25, 0.3) is 0 Å². The van der Waals surface area contributed by atoms with E-state index in [4.69, 9.17) is 16.1 Å². The third-order valence-electron chi connectivity index (χ3n) is 4.35. The molecule has 2 heterocycles. The van der Waals surface area contributed by atoms with E-state index in [-0.39, 0.29) is 0 Å². The van der Waals surface area contributed by atoms with Crippen molar-refractivity contribution in [2.24, 2.45) is 0 Å². The molecule has 0 radical (unpaired) electrons. The molecule has 2 aromatic carbocycles. The SMILES string of the molecule is Cc1nn(-c2ccccc2)c(Cl)c1C[S@](=O)Cc1cc(-c2ccccc2)on1. The summed E-state index contributed by atoms with van der Waals surface area (Å²) in [7, 11) is -1.19. The zero-order chi connectivity index (χ0) is 19.5. The summed E-state index contributed by atoms with van der Waals surface area (Å²) >= 11 is 6.53. The minimum Gasteiger partial charge on any atom is -0.356 e. The molecular formula is C21H18ClN3O2S. The van der Waals surface area contributed by atoms with Crippen molar-refractivity contribution in [2.75, 3.05) is 0 Å². The van der Waals surface area contributed by atoms with Crippen molar-refractivity contribution < 1.29 is 8.73 Å². The van der Waals surface area contributed by atoms with Gasteiger partial charge in [0, 0.05) is 28.0 Å². The van der Waals surface area contributed by atoms with Crippen molar-refractivity contribution in [3.8, 4) is 17.0 Å². The third kappa shape index (κ3) is 3.93. The molecule has 142 valence electrons. The molecule has 2 aromatic heterocycles. The molecule has 0 N–H and O–H groups in total. The van der Waals surface area contributed by atoms with Gasteiger partial charge < -0.3 is 4.52 Å². The molecule has 28 heavy (non-hydrogen) atoms. The number of hydrogen-bond donors (Lipinski definition) is 0. The van der Waals surface area contributed by atoms with E-state index in [0.717, 1.165) is 22.5 Å². The Morgan fingerprint density at radius 1 is 1.04 bits per heavy atom. The van der Waals surface area contributed by atoms with E-state index < -0.39 is 10.8 Å². The van der Waals surface area contributed by atoms with Gasteiger partial charge in [0.15, 0.2) is 5.76 Å². The van der Waals surface area contributed by atoms with Crippen molar-refractivity contribution in [1.82, 2.24) is 14.9 Å². The molecule has 4 aromatic rings. The first-order chi connectivity index (χ1) is 13.6. The molecule has 1 atom stereocenters. The van der Waals surface area contributed by atoms with E-state index in [9.17, 15) is 4.21 Å². The molecule has 0 aliphatic carbocycles. The summed E-state index contributed by atoms with van der Waals surface area (Å²) in [5, 5.41) is 9.04. The average molecular weight is 412 g/mol. The van der Waals surface area contributed by atoms with Crippen LogP contribution in [0.5, 0.6) is 0 Å². The Bertz CT molecular complexity index is 1110. The number of rotatable bonds is 6. The van der Waals surface area contributed by atoms with Gasteiger partial charge in [-0.2, -0.15) is 5.10 Å². The first-order valence-electron chi connectivity index (χ1n) is 8.77. The number of hydrogen-bond acceptors (Lipinski definition) is 4. The maximum absolute atomic E-state index is 12.7. The van der Waals surface area contributed by atoms with Crippen LogP contribution in [0.25, 0.3) is 17.0 Å². The molecule has 0 aliphatic rings. The van der Waals surface area contributed by atoms with Crippen molar-refractivity contribution >= 4 is 22.4 Å². The Balaban J connectivity index is 1.49. The van der Waals surface area contributed by atoms with E-state index in [2.05, 4.69) is 10.3 Å². The largest absolute Gasteiger partial charge is 0.356 e. The van der Waals surface area contributed by atoms with Gasteiger partial charge in [0.1, 0.15) is 5.15 Å². The van der Waals surface area contributed by atoms with Gasteiger partial charge in [0.2, 0.25) is 0 Å². The fourth-order valence-electron chi connectivity index (χ4n) is 2.93. The Kier molecular flexibility index (Phi) is 5.41. The first kappa shape index (κ1) is 18.7. The van der Waals surface area contributed by atoms with Crippen molar-refractivity contribution in [3.05, 3.63) is 88.8 Å². The van der Waals surface area contributed by atoms with Crippen LogP contribution in [-0.4, -0.2) is 19.1 Å². The maximum atomic E-state index is 12.7. The number of benzene rings is 2. The van der Waals surface area contributed by atoms with Gasteiger partial charge in [-0.15, -0.1) is 0 Å². The zero-order valence-electron chi connectivity index (χ0n) is 15.2. The summed E-state index contributed by atoms with van der Waals surface area (Å²) in [4.78, 5) is 0. The van der Waals surface area contributed by atoms with Gasteiger partial charge >= 0.3 is 0 Å². The quantitative estimate of drug-likeness (QED) is 0.451. The molecule has 0 unspecified atom stereocenters. The van der Waals surface area contributed by atoms with Gasteiger partial charge in [-0.05, 0) is 19.1 Å². The van der Waals surface area contributed by atoms with Crippen LogP contribution >= 0.6 is 11.6 Å². The summed E-state index contributed by atoms with van der Waals surface area (Å²) < 4.78 is 19.8. The number of aromatic nitrogens is 3. The highest BCUT2D eigenvalue weighted by Gasteiger charge is 2.18. The fourth-order valence-corrected chi connectivity index (χ4v) is 4.58.